The van der Waals surface area contributed by atoms with E-state index < -0.39 is 0 Å². The molecule has 1 aromatic rings. The van der Waals surface area contributed by atoms with Crippen molar-refractivity contribution in [3.63, 3.8) is 0 Å². The first-order valence-corrected chi connectivity index (χ1v) is 5.00. The molecular formula is C11H16N2O. The SMILES string of the molecule is COc1cc(CC2CNC2)cc(C)n1. The summed E-state index contributed by atoms with van der Waals surface area (Å²) in [6.07, 6.45) is 1.13. The molecule has 1 aromatic heterocycles. The summed E-state index contributed by atoms with van der Waals surface area (Å²) < 4.78 is 5.14. The maximum absolute atomic E-state index is 5.14. The Morgan fingerprint density at radius 2 is 2.29 bits per heavy atom. The fourth-order valence-corrected chi connectivity index (χ4v) is 1.76. The van der Waals surface area contributed by atoms with Crippen LogP contribution in [0.25, 0.3) is 0 Å². The molecule has 3 nitrogen and oxygen atoms in total. The van der Waals surface area contributed by atoms with Crippen molar-refractivity contribution < 1.29 is 4.74 Å². The Morgan fingerprint density at radius 3 is 2.86 bits per heavy atom. The molecule has 3 heteroatoms. The average molecular weight is 192 g/mol. The number of hydrogen-bond donors (Lipinski definition) is 1. The van der Waals surface area contributed by atoms with Gasteiger partial charge in [-0.1, -0.05) is 0 Å². The van der Waals surface area contributed by atoms with Crippen LogP contribution in [0.2, 0.25) is 0 Å². The Labute approximate surface area is 84.5 Å². The van der Waals surface area contributed by atoms with E-state index in [2.05, 4.69) is 16.4 Å². The zero-order chi connectivity index (χ0) is 9.97. The fourth-order valence-electron chi connectivity index (χ4n) is 1.76. The number of aromatic nitrogens is 1. The van der Waals surface area contributed by atoms with Crippen LogP contribution in [0.1, 0.15) is 11.3 Å². The van der Waals surface area contributed by atoms with Gasteiger partial charge in [0.1, 0.15) is 0 Å². The standard InChI is InChI=1S/C11H16N2O/c1-8-3-9(4-10-6-12-7-10)5-11(13-8)14-2/h3,5,10,12H,4,6-7H2,1-2H3. The van der Waals surface area contributed by atoms with E-state index in [0.29, 0.717) is 0 Å². The Bertz CT molecular complexity index is 321. The highest BCUT2D eigenvalue weighted by atomic mass is 16.5. The van der Waals surface area contributed by atoms with Gasteiger partial charge in [-0.3, -0.25) is 0 Å². The van der Waals surface area contributed by atoms with Gasteiger partial charge in [-0.25, -0.2) is 4.98 Å². The maximum Gasteiger partial charge on any atom is 0.213 e. The summed E-state index contributed by atoms with van der Waals surface area (Å²) in [7, 11) is 1.66. The van der Waals surface area contributed by atoms with Gasteiger partial charge in [0.05, 0.1) is 7.11 Å². The van der Waals surface area contributed by atoms with Crippen LogP contribution in [0, 0.1) is 12.8 Å². The van der Waals surface area contributed by atoms with Crippen molar-refractivity contribution in [1.82, 2.24) is 10.3 Å². The molecule has 14 heavy (non-hydrogen) atoms. The Morgan fingerprint density at radius 1 is 1.50 bits per heavy atom. The van der Waals surface area contributed by atoms with Gasteiger partial charge in [-0.2, -0.15) is 0 Å². The predicted octanol–water partition coefficient (Wildman–Crippen LogP) is 1.16. The van der Waals surface area contributed by atoms with Crippen LogP contribution >= 0.6 is 0 Å². The summed E-state index contributed by atoms with van der Waals surface area (Å²) in [6, 6.07) is 4.17. The lowest BCUT2D eigenvalue weighted by Crippen LogP contribution is -2.43. The summed E-state index contributed by atoms with van der Waals surface area (Å²) in [5.41, 5.74) is 2.37. The number of nitrogens with one attached hydrogen (secondary N) is 1. The molecule has 76 valence electrons. The van der Waals surface area contributed by atoms with Crippen molar-refractivity contribution in [1.29, 1.82) is 0 Å². The lowest BCUT2D eigenvalue weighted by molar-refractivity contribution is 0.345. The highest BCUT2D eigenvalue weighted by Gasteiger charge is 2.17. The van der Waals surface area contributed by atoms with Crippen LogP contribution < -0.4 is 10.1 Å². The number of pyridine rings is 1. The second-order valence-corrected chi connectivity index (χ2v) is 3.89. The molecule has 0 aromatic carbocycles. The lowest BCUT2D eigenvalue weighted by Gasteiger charge is -2.27. The summed E-state index contributed by atoms with van der Waals surface area (Å²) in [5, 5.41) is 3.28. The molecule has 0 unspecified atom stereocenters. The minimum absolute atomic E-state index is 0.729. The molecule has 0 amide bonds. The minimum Gasteiger partial charge on any atom is -0.481 e. The summed E-state index contributed by atoms with van der Waals surface area (Å²) in [4.78, 5) is 4.27. The molecule has 0 bridgehead atoms. The monoisotopic (exact) mass is 192 g/mol. The quantitative estimate of drug-likeness (QED) is 0.780. The van der Waals surface area contributed by atoms with Crippen molar-refractivity contribution in [3.05, 3.63) is 23.4 Å². The second-order valence-electron chi connectivity index (χ2n) is 3.89. The largest absolute Gasteiger partial charge is 0.481 e. The molecule has 0 radical (unpaired) electrons. The van der Waals surface area contributed by atoms with E-state index in [-0.39, 0.29) is 0 Å². The van der Waals surface area contributed by atoms with E-state index in [4.69, 9.17) is 4.74 Å². The van der Waals surface area contributed by atoms with Gasteiger partial charge in [0.15, 0.2) is 0 Å². The lowest BCUT2D eigenvalue weighted by atomic mass is 9.94. The molecule has 1 N–H and O–H groups in total. The zero-order valence-electron chi connectivity index (χ0n) is 8.71. The number of nitrogens with zero attached hydrogens (tertiary/aromatic N) is 1. The van der Waals surface area contributed by atoms with Crippen molar-refractivity contribution in [2.75, 3.05) is 20.2 Å². The van der Waals surface area contributed by atoms with Crippen LogP contribution in [0.5, 0.6) is 5.88 Å². The summed E-state index contributed by atoms with van der Waals surface area (Å²) in [5.74, 6) is 1.52. The number of hydrogen-bond acceptors (Lipinski definition) is 3. The molecule has 0 spiro atoms. The smallest absolute Gasteiger partial charge is 0.213 e. The van der Waals surface area contributed by atoms with E-state index >= 15 is 0 Å². The first kappa shape index (κ1) is 9.46. The Balaban J connectivity index is 2.11. The van der Waals surface area contributed by atoms with Crippen LogP contribution in [0.3, 0.4) is 0 Å². The zero-order valence-corrected chi connectivity index (χ0v) is 8.71. The summed E-state index contributed by atoms with van der Waals surface area (Å²) >= 11 is 0. The second kappa shape index (κ2) is 3.96. The van der Waals surface area contributed by atoms with Gasteiger partial charge in [0.25, 0.3) is 0 Å². The van der Waals surface area contributed by atoms with Crippen molar-refractivity contribution in [3.8, 4) is 5.88 Å². The van der Waals surface area contributed by atoms with E-state index in [9.17, 15) is 0 Å². The number of ether oxygens (including phenoxy) is 1. The molecule has 1 saturated heterocycles. The first-order chi connectivity index (χ1) is 6.78. The third-order valence-electron chi connectivity index (χ3n) is 2.59. The highest BCUT2D eigenvalue weighted by Crippen LogP contribution is 2.17. The van der Waals surface area contributed by atoms with Gasteiger partial charge in [0, 0.05) is 11.8 Å². The van der Waals surface area contributed by atoms with Gasteiger partial charge in [0.2, 0.25) is 5.88 Å². The van der Waals surface area contributed by atoms with Crippen molar-refractivity contribution in [2.24, 2.45) is 5.92 Å². The molecule has 0 saturated carbocycles. The van der Waals surface area contributed by atoms with Crippen LogP contribution in [-0.2, 0) is 6.42 Å². The Hall–Kier alpha value is -1.09. The van der Waals surface area contributed by atoms with Crippen LogP contribution in [-0.4, -0.2) is 25.2 Å². The molecule has 2 rings (SSSR count). The maximum atomic E-state index is 5.14. The average Bonchev–Trinajstić information content (AvgIpc) is 2.10. The normalized spacial score (nSPS) is 16.4. The molecule has 1 aliphatic heterocycles. The minimum atomic E-state index is 0.729. The number of methoxy groups -OCH3 is 1. The van der Waals surface area contributed by atoms with Crippen LogP contribution in [0.15, 0.2) is 12.1 Å². The molecular weight excluding hydrogens is 176 g/mol. The van der Waals surface area contributed by atoms with Gasteiger partial charge in [-0.05, 0) is 44.0 Å². The van der Waals surface area contributed by atoms with E-state index in [1.807, 2.05) is 13.0 Å². The molecule has 0 atom stereocenters. The molecule has 1 fully saturated rings. The topological polar surface area (TPSA) is 34.1 Å². The molecule has 0 aliphatic carbocycles. The first-order valence-electron chi connectivity index (χ1n) is 5.00. The summed E-state index contributed by atoms with van der Waals surface area (Å²) in [6.45, 7) is 4.29. The highest BCUT2D eigenvalue weighted by molar-refractivity contribution is 5.25. The predicted molar refractivity (Wildman–Crippen MR) is 55.6 cm³/mol. The van der Waals surface area contributed by atoms with Crippen molar-refractivity contribution >= 4 is 0 Å². The van der Waals surface area contributed by atoms with Gasteiger partial charge < -0.3 is 10.1 Å². The van der Waals surface area contributed by atoms with E-state index in [1.54, 1.807) is 7.11 Å². The number of aryl methyl sites for hydroxylation is 1. The number of rotatable bonds is 3. The Kier molecular flexibility index (Phi) is 2.68. The van der Waals surface area contributed by atoms with Crippen molar-refractivity contribution in [2.45, 2.75) is 13.3 Å². The third kappa shape index (κ3) is 2.04. The van der Waals surface area contributed by atoms with E-state index in [0.717, 1.165) is 37.0 Å². The van der Waals surface area contributed by atoms with Crippen LogP contribution in [0.4, 0.5) is 0 Å². The fraction of sp³-hybridized carbons (Fsp3) is 0.545. The van der Waals surface area contributed by atoms with E-state index in [1.165, 1.54) is 5.56 Å². The van der Waals surface area contributed by atoms with Gasteiger partial charge >= 0.3 is 0 Å². The van der Waals surface area contributed by atoms with Gasteiger partial charge in [-0.15, -0.1) is 0 Å². The third-order valence-corrected chi connectivity index (χ3v) is 2.59. The molecule has 2 heterocycles. The molecule has 1 aliphatic rings.